The maximum absolute atomic E-state index is 13.3. The van der Waals surface area contributed by atoms with Crippen molar-refractivity contribution in [1.82, 2.24) is 5.43 Å². The van der Waals surface area contributed by atoms with Gasteiger partial charge in [0, 0.05) is 6.04 Å². The molecule has 2 aromatic carbocycles. The van der Waals surface area contributed by atoms with Gasteiger partial charge in [0.05, 0.1) is 0 Å². The number of nitrogens with one attached hydrogen (secondary N) is 1. The van der Waals surface area contributed by atoms with Gasteiger partial charge in [0.1, 0.15) is 5.82 Å². The summed E-state index contributed by atoms with van der Waals surface area (Å²) in [5, 5.41) is 0. The average molecular weight is 286 g/mol. The molecule has 2 rings (SSSR count). The molecule has 0 spiro atoms. The number of nitrogens with two attached hydrogens (primary N) is 1. The minimum atomic E-state index is -0.190. The van der Waals surface area contributed by atoms with Crippen LogP contribution >= 0.6 is 0 Å². The smallest absolute Gasteiger partial charge is 0.123 e. The Morgan fingerprint density at radius 3 is 2.67 bits per heavy atom. The third-order valence-electron chi connectivity index (χ3n) is 3.88. The monoisotopic (exact) mass is 286 g/mol. The number of rotatable bonds is 6. The number of benzene rings is 2. The van der Waals surface area contributed by atoms with E-state index in [9.17, 15) is 4.39 Å². The molecule has 3 heteroatoms. The van der Waals surface area contributed by atoms with Gasteiger partial charge >= 0.3 is 0 Å². The van der Waals surface area contributed by atoms with Crippen LogP contribution in [0.3, 0.4) is 0 Å². The lowest BCUT2D eigenvalue weighted by Crippen LogP contribution is -2.37. The second kappa shape index (κ2) is 7.34. The van der Waals surface area contributed by atoms with Crippen LogP contribution in [0, 0.1) is 19.7 Å². The van der Waals surface area contributed by atoms with Crippen molar-refractivity contribution in [1.29, 1.82) is 0 Å². The molecule has 0 heterocycles. The third-order valence-corrected chi connectivity index (χ3v) is 3.88. The Balaban J connectivity index is 1.98. The fourth-order valence-corrected chi connectivity index (χ4v) is 2.58. The Bertz CT molecular complexity index is 596. The molecule has 2 nitrogen and oxygen atoms in total. The van der Waals surface area contributed by atoms with Crippen molar-refractivity contribution >= 4 is 0 Å². The van der Waals surface area contributed by atoms with E-state index in [0.717, 1.165) is 30.4 Å². The van der Waals surface area contributed by atoms with Crippen LogP contribution in [0.15, 0.2) is 42.5 Å². The first kappa shape index (κ1) is 15.7. The van der Waals surface area contributed by atoms with E-state index in [0.29, 0.717) is 0 Å². The molecular formula is C18H23FN2. The molecule has 1 unspecified atom stereocenters. The fraction of sp³-hybridized carbons (Fsp3) is 0.333. The van der Waals surface area contributed by atoms with Gasteiger partial charge < -0.3 is 0 Å². The number of hydrogen-bond acceptors (Lipinski definition) is 2. The van der Waals surface area contributed by atoms with E-state index in [-0.39, 0.29) is 11.9 Å². The molecule has 112 valence electrons. The number of hydrazine groups is 1. The number of halogens is 1. The summed E-state index contributed by atoms with van der Waals surface area (Å²) >= 11 is 0. The van der Waals surface area contributed by atoms with E-state index < -0.39 is 0 Å². The molecule has 0 radical (unpaired) electrons. The highest BCUT2D eigenvalue weighted by molar-refractivity contribution is 5.27. The molecule has 0 saturated carbocycles. The van der Waals surface area contributed by atoms with Gasteiger partial charge in [0.2, 0.25) is 0 Å². The molecule has 2 aromatic rings. The molecule has 0 aromatic heterocycles. The molecule has 0 bridgehead atoms. The zero-order valence-electron chi connectivity index (χ0n) is 12.7. The van der Waals surface area contributed by atoms with Gasteiger partial charge in [-0.3, -0.25) is 11.3 Å². The topological polar surface area (TPSA) is 38.0 Å². The minimum absolute atomic E-state index is 0.144. The van der Waals surface area contributed by atoms with Crippen molar-refractivity contribution in [2.75, 3.05) is 0 Å². The van der Waals surface area contributed by atoms with Crippen molar-refractivity contribution in [3.8, 4) is 0 Å². The maximum atomic E-state index is 13.3. The molecule has 0 saturated heterocycles. The van der Waals surface area contributed by atoms with Crippen molar-refractivity contribution in [3.63, 3.8) is 0 Å². The summed E-state index contributed by atoms with van der Waals surface area (Å²) in [5.41, 5.74) is 7.56. The van der Waals surface area contributed by atoms with E-state index in [1.807, 2.05) is 13.0 Å². The van der Waals surface area contributed by atoms with Crippen LogP contribution in [0.5, 0.6) is 0 Å². The summed E-state index contributed by atoms with van der Waals surface area (Å²) in [7, 11) is 0. The van der Waals surface area contributed by atoms with Gasteiger partial charge in [0.15, 0.2) is 0 Å². The van der Waals surface area contributed by atoms with Crippen molar-refractivity contribution in [2.24, 2.45) is 5.84 Å². The van der Waals surface area contributed by atoms with Gasteiger partial charge in [-0.1, -0.05) is 35.9 Å². The summed E-state index contributed by atoms with van der Waals surface area (Å²) in [5.74, 6) is 5.47. The largest absolute Gasteiger partial charge is 0.271 e. The van der Waals surface area contributed by atoms with E-state index in [1.165, 1.54) is 17.2 Å². The maximum Gasteiger partial charge on any atom is 0.123 e. The molecular weight excluding hydrogens is 263 g/mol. The van der Waals surface area contributed by atoms with Gasteiger partial charge in [-0.15, -0.1) is 0 Å². The Hall–Kier alpha value is -1.71. The first-order valence-corrected chi connectivity index (χ1v) is 7.35. The van der Waals surface area contributed by atoms with Crippen LogP contribution in [-0.2, 0) is 12.8 Å². The molecule has 0 amide bonds. The highest BCUT2D eigenvalue weighted by atomic mass is 19.1. The highest BCUT2D eigenvalue weighted by Gasteiger charge is 2.10. The van der Waals surface area contributed by atoms with Crippen LogP contribution in [0.1, 0.15) is 28.7 Å². The molecule has 0 aliphatic carbocycles. The summed E-state index contributed by atoms with van der Waals surface area (Å²) in [6.45, 7) is 4.10. The molecule has 0 fully saturated rings. The third kappa shape index (κ3) is 4.66. The average Bonchev–Trinajstić information content (AvgIpc) is 2.47. The first-order chi connectivity index (χ1) is 10.1. The molecule has 0 aliphatic heterocycles. The summed E-state index contributed by atoms with van der Waals surface area (Å²) in [4.78, 5) is 0. The minimum Gasteiger partial charge on any atom is -0.271 e. The lowest BCUT2D eigenvalue weighted by Gasteiger charge is -2.17. The fourth-order valence-electron chi connectivity index (χ4n) is 2.58. The van der Waals surface area contributed by atoms with Gasteiger partial charge in [-0.25, -0.2) is 4.39 Å². The van der Waals surface area contributed by atoms with Crippen LogP contribution in [0.2, 0.25) is 0 Å². The molecule has 3 N–H and O–H groups in total. The van der Waals surface area contributed by atoms with E-state index in [2.05, 4.69) is 36.6 Å². The lowest BCUT2D eigenvalue weighted by atomic mass is 9.96. The van der Waals surface area contributed by atoms with Gasteiger partial charge in [0.25, 0.3) is 0 Å². The number of aryl methyl sites for hydroxylation is 3. The second-order valence-corrected chi connectivity index (χ2v) is 5.67. The van der Waals surface area contributed by atoms with Crippen LogP contribution < -0.4 is 11.3 Å². The Labute approximate surface area is 126 Å². The van der Waals surface area contributed by atoms with Crippen molar-refractivity contribution in [2.45, 2.75) is 39.2 Å². The van der Waals surface area contributed by atoms with Crippen molar-refractivity contribution in [3.05, 3.63) is 70.5 Å². The molecule has 0 aliphatic rings. The van der Waals surface area contributed by atoms with Crippen LogP contribution in [0.25, 0.3) is 0 Å². The standard InChI is InChI=1S/C18H23FN2/c1-13-4-3-5-15(10-13)7-9-18(21-20)12-16-11-17(19)8-6-14(16)2/h3-6,8,10-11,18,21H,7,9,12,20H2,1-2H3. The summed E-state index contributed by atoms with van der Waals surface area (Å²) in [6.07, 6.45) is 2.63. The highest BCUT2D eigenvalue weighted by Crippen LogP contribution is 2.15. The quantitative estimate of drug-likeness (QED) is 0.630. The Morgan fingerprint density at radius 1 is 1.14 bits per heavy atom. The predicted molar refractivity (Wildman–Crippen MR) is 85.5 cm³/mol. The SMILES string of the molecule is Cc1cccc(CCC(Cc2cc(F)ccc2C)NN)c1. The summed E-state index contributed by atoms with van der Waals surface area (Å²) < 4.78 is 13.3. The van der Waals surface area contributed by atoms with Gasteiger partial charge in [-0.2, -0.15) is 0 Å². The van der Waals surface area contributed by atoms with E-state index in [1.54, 1.807) is 6.07 Å². The zero-order chi connectivity index (χ0) is 15.2. The van der Waals surface area contributed by atoms with Crippen LogP contribution in [0.4, 0.5) is 4.39 Å². The lowest BCUT2D eigenvalue weighted by molar-refractivity contribution is 0.489. The normalized spacial score (nSPS) is 12.4. The zero-order valence-corrected chi connectivity index (χ0v) is 12.7. The molecule has 1 atom stereocenters. The van der Waals surface area contributed by atoms with Crippen molar-refractivity contribution < 1.29 is 4.39 Å². The second-order valence-electron chi connectivity index (χ2n) is 5.67. The van der Waals surface area contributed by atoms with E-state index >= 15 is 0 Å². The van der Waals surface area contributed by atoms with Gasteiger partial charge in [-0.05, 0) is 61.9 Å². The Morgan fingerprint density at radius 2 is 1.95 bits per heavy atom. The Kier molecular flexibility index (Phi) is 5.48. The van der Waals surface area contributed by atoms with Crippen LogP contribution in [-0.4, -0.2) is 6.04 Å². The number of hydrogen-bond donors (Lipinski definition) is 2. The first-order valence-electron chi connectivity index (χ1n) is 7.35. The van der Waals surface area contributed by atoms with E-state index in [4.69, 9.17) is 5.84 Å². The summed E-state index contributed by atoms with van der Waals surface area (Å²) in [6, 6.07) is 13.6. The predicted octanol–water partition coefficient (Wildman–Crippen LogP) is 3.45. The molecule has 21 heavy (non-hydrogen) atoms.